The second kappa shape index (κ2) is 7.88. The van der Waals surface area contributed by atoms with E-state index in [-0.39, 0.29) is 19.5 Å². The van der Waals surface area contributed by atoms with Gasteiger partial charge < -0.3 is 20.4 Å². The molecule has 0 heterocycles. The number of rotatable bonds is 8. The van der Waals surface area contributed by atoms with E-state index in [1.54, 1.807) is 6.92 Å². The van der Waals surface area contributed by atoms with Gasteiger partial charge in [-0.3, -0.25) is 4.79 Å². The number of amides is 2. The number of hydrogen-bond acceptors (Lipinski definition) is 3. The topological polar surface area (TPSA) is 89.9 Å². The molecule has 0 saturated heterocycles. The largest absolute Gasteiger partial charge is 0.481 e. The normalized spacial score (nSPS) is 14.0. The molecule has 0 aliphatic carbocycles. The fraction of sp³-hybridized carbons (Fsp3) is 0.818. The molecular weight excluding hydrogens is 262 g/mol. The first-order valence-corrected chi connectivity index (χ1v) is 5.92. The minimum absolute atomic E-state index is 0.164. The molecule has 0 rings (SSSR count). The van der Waals surface area contributed by atoms with Crippen molar-refractivity contribution in [3.63, 3.8) is 0 Å². The van der Waals surface area contributed by atoms with Crippen LogP contribution in [0.25, 0.3) is 0 Å². The molecule has 0 aromatic heterocycles. The molecule has 0 aromatic rings. The number of aliphatic carboxylic acids is 1. The van der Waals surface area contributed by atoms with E-state index >= 15 is 0 Å². The van der Waals surface area contributed by atoms with E-state index in [1.165, 1.54) is 6.92 Å². The minimum Gasteiger partial charge on any atom is -0.481 e. The van der Waals surface area contributed by atoms with Crippen molar-refractivity contribution >= 4 is 12.0 Å². The first-order valence-electron chi connectivity index (χ1n) is 5.92. The Balaban J connectivity index is 4.51. The smallest absolute Gasteiger partial charge is 0.317 e. The van der Waals surface area contributed by atoms with Crippen LogP contribution >= 0.6 is 0 Å². The summed E-state index contributed by atoms with van der Waals surface area (Å²) >= 11 is 0. The van der Waals surface area contributed by atoms with Crippen molar-refractivity contribution in [1.29, 1.82) is 0 Å². The summed E-state index contributed by atoms with van der Waals surface area (Å²) in [7, 11) is 0. The second-order valence-corrected chi connectivity index (χ2v) is 4.44. The van der Waals surface area contributed by atoms with Gasteiger partial charge in [-0.1, -0.05) is 6.92 Å². The van der Waals surface area contributed by atoms with Gasteiger partial charge in [-0.05, 0) is 13.3 Å². The van der Waals surface area contributed by atoms with Gasteiger partial charge in [0, 0.05) is 13.1 Å². The Kier molecular flexibility index (Phi) is 7.28. The number of aliphatic hydroxyl groups is 1. The highest BCUT2D eigenvalue weighted by molar-refractivity contribution is 5.77. The van der Waals surface area contributed by atoms with Crippen LogP contribution in [0.1, 0.15) is 20.3 Å². The summed E-state index contributed by atoms with van der Waals surface area (Å²) in [6.07, 6.45) is -2.42. The van der Waals surface area contributed by atoms with Crippen molar-refractivity contribution in [2.45, 2.75) is 26.7 Å². The quantitative estimate of drug-likeness (QED) is 0.613. The summed E-state index contributed by atoms with van der Waals surface area (Å²) in [6.45, 7) is 1.48. The number of aliphatic hydroxyl groups excluding tert-OH is 1. The van der Waals surface area contributed by atoms with Gasteiger partial charge >= 0.3 is 12.0 Å². The highest BCUT2D eigenvalue weighted by Gasteiger charge is 2.32. The van der Waals surface area contributed by atoms with Gasteiger partial charge in [-0.2, -0.15) is 0 Å². The molecule has 6 nitrogen and oxygen atoms in total. The first kappa shape index (κ1) is 17.6. The molecule has 8 heteroatoms. The zero-order chi connectivity index (χ0) is 15.1. The van der Waals surface area contributed by atoms with Gasteiger partial charge in [-0.15, -0.1) is 0 Å². The van der Waals surface area contributed by atoms with Gasteiger partial charge in [0.1, 0.15) is 0 Å². The molecule has 0 radical (unpaired) electrons. The fourth-order valence-electron chi connectivity index (χ4n) is 1.30. The Morgan fingerprint density at radius 3 is 2.37 bits per heavy atom. The zero-order valence-corrected chi connectivity index (χ0v) is 11.0. The predicted octanol–water partition coefficient (Wildman–Crippen LogP) is 0.756. The van der Waals surface area contributed by atoms with Crippen molar-refractivity contribution in [2.75, 3.05) is 26.2 Å². The summed E-state index contributed by atoms with van der Waals surface area (Å²) in [5.74, 6) is -1.07. The molecule has 1 atom stereocenters. The molecule has 112 valence electrons. The van der Waals surface area contributed by atoms with Crippen LogP contribution in [0.5, 0.6) is 0 Å². The molecule has 2 amide bonds. The highest BCUT2D eigenvalue weighted by atomic mass is 19.3. The average molecular weight is 282 g/mol. The number of nitrogens with one attached hydrogen (secondary N) is 1. The van der Waals surface area contributed by atoms with Crippen molar-refractivity contribution in [1.82, 2.24) is 10.2 Å². The lowest BCUT2D eigenvalue weighted by molar-refractivity contribution is -0.147. The number of halogens is 2. The lowest BCUT2D eigenvalue weighted by Crippen LogP contribution is -2.48. The van der Waals surface area contributed by atoms with E-state index in [0.29, 0.717) is 0 Å². The van der Waals surface area contributed by atoms with Gasteiger partial charge in [0.15, 0.2) is 0 Å². The third-order valence-electron chi connectivity index (χ3n) is 2.94. The Bertz CT molecular complexity index is 315. The zero-order valence-electron chi connectivity index (χ0n) is 11.0. The van der Waals surface area contributed by atoms with E-state index in [1.807, 2.05) is 0 Å². The van der Waals surface area contributed by atoms with Crippen LogP contribution in [0.3, 0.4) is 0 Å². The second-order valence-electron chi connectivity index (χ2n) is 4.44. The van der Waals surface area contributed by atoms with Crippen LogP contribution in [0.15, 0.2) is 0 Å². The molecule has 0 bridgehead atoms. The third-order valence-corrected chi connectivity index (χ3v) is 2.94. The van der Waals surface area contributed by atoms with Crippen LogP contribution in [0.4, 0.5) is 13.6 Å². The fourth-order valence-corrected chi connectivity index (χ4v) is 1.30. The van der Waals surface area contributed by atoms with Crippen LogP contribution < -0.4 is 5.32 Å². The SMILES string of the molecule is CCC(C)(CNC(=O)N(CCO)CC(F)F)C(=O)O. The maximum atomic E-state index is 12.2. The minimum atomic E-state index is -2.71. The van der Waals surface area contributed by atoms with Crippen LogP contribution in [-0.4, -0.2) is 59.8 Å². The standard InChI is InChI=1S/C11H20F2N2O4/c1-3-11(2,9(17)18)7-14-10(19)15(4-5-16)6-8(12)13/h8,16H,3-7H2,1-2H3,(H,14,19)(H,17,18). The number of carboxylic acid groups (broad SMARTS) is 1. The summed E-state index contributed by atoms with van der Waals surface area (Å²) in [5, 5.41) is 20.0. The number of carbonyl (C=O) groups is 2. The molecule has 0 spiro atoms. The number of carbonyl (C=O) groups excluding carboxylic acids is 1. The number of alkyl halides is 2. The lowest BCUT2D eigenvalue weighted by Gasteiger charge is -2.27. The maximum Gasteiger partial charge on any atom is 0.317 e. The van der Waals surface area contributed by atoms with Crippen molar-refractivity contribution < 1.29 is 28.6 Å². The predicted molar refractivity (Wildman–Crippen MR) is 64.1 cm³/mol. The highest BCUT2D eigenvalue weighted by Crippen LogP contribution is 2.19. The van der Waals surface area contributed by atoms with Gasteiger partial charge in [0.2, 0.25) is 0 Å². The molecule has 0 saturated carbocycles. The monoisotopic (exact) mass is 282 g/mol. The number of nitrogens with zero attached hydrogens (tertiary/aromatic N) is 1. The number of hydrogen-bond donors (Lipinski definition) is 3. The van der Waals surface area contributed by atoms with E-state index in [0.717, 1.165) is 4.90 Å². The Morgan fingerprint density at radius 1 is 1.42 bits per heavy atom. The van der Waals surface area contributed by atoms with Crippen molar-refractivity contribution in [3.05, 3.63) is 0 Å². The molecule has 0 aliphatic rings. The molecule has 0 aliphatic heterocycles. The number of urea groups is 1. The first-order chi connectivity index (χ1) is 8.76. The average Bonchev–Trinajstić information content (AvgIpc) is 2.34. The van der Waals surface area contributed by atoms with Crippen molar-refractivity contribution in [3.8, 4) is 0 Å². The van der Waals surface area contributed by atoms with Gasteiger partial charge in [0.05, 0.1) is 18.6 Å². The Labute approximate surface area is 110 Å². The van der Waals surface area contributed by atoms with Crippen molar-refractivity contribution in [2.24, 2.45) is 5.41 Å². The van der Waals surface area contributed by atoms with E-state index in [9.17, 15) is 18.4 Å². The van der Waals surface area contributed by atoms with Crippen LogP contribution in [0.2, 0.25) is 0 Å². The van der Waals surface area contributed by atoms with Crippen LogP contribution in [-0.2, 0) is 4.79 Å². The van der Waals surface area contributed by atoms with Gasteiger partial charge in [0.25, 0.3) is 6.43 Å². The Hall–Kier alpha value is -1.44. The number of carboxylic acids is 1. The third kappa shape index (κ3) is 5.82. The van der Waals surface area contributed by atoms with Crippen LogP contribution in [0, 0.1) is 5.41 Å². The molecular formula is C11H20F2N2O4. The molecule has 19 heavy (non-hydrogen) atoms. The maximum absolute atomic E-state index is 12.2. The van der Waals surface area contributed by atoms with E-state index in [2.05, 4.69) is 5.32 Å². The Morgan fingerprint density at radius 2 is 2.00 bits per heavy atom. The lowest BCUT2D eigenvalue weighted by atomic mass is 9.88. The van der Waals surface area contributed by atoms with E-state index in [4.69, 9.17) is 10.2 Å². The summed E-state index contributed by atoms with van der Waals surface area (Å²) in [6, 6.07) is -0.810. The van der Waals surface area contributed by atoms with E-state index < -0.39 is 37.0 Å². The summed E-state index contributed by atoms with van der Waals surface area (Å²) in [5.41, 5.74) is -1.15. The summed E-state index contributed by atoms with van der Waals surface area (Å²) in [4.78, 5) is 23.4. The molecule has 1 unspecified atom stereocenters. The molecule has 0 aromatic carbocycles. The summed E-state index contributed by atoms with van der Waals surface area (Å²) < 4.78 is 24.5. The van der Waals surface area contributed by atoms with Gasteiger partial charge in [-0.25, -0.2) is 13.6 Å². The molecule has 0 fully saturated rings. The molecule has 3 N–H and O–H groups in total.